The lowest BCUT2D eigenvalue weighted by molar-refractivity contribution is 0.102. The molecule has 5 nitrogen and oxygen atoms in total. The van der Waals surface area contributed by atoms with Gasteiger partial charge < -0.3 is 15.1 Å². The van der Waals surface area contributed by atoms with Gasteiger partial charge in [-0.2, -0.15) is 0 Å². The summed E-state index contributed by atoms with van der Waals surface area (Å²) >= 11 is 3.41. The van der Waals surface area contributed by atoms with Crippen molar-refractivity contribution in [2.45, 2.75) is 6.92 Å². The fraction of sp³-hybridized carbons (Fsp3) is 0.333. The van der Waals surface area contributed by atoms with E-state index in [0.717, 1.165) is 48.6 Å². The minimum Gasteiger partial charge on any atom is -0.368 e. The molecule has 0 spiro atoms. The van der Waals surface area contributed by atoms with Crippen LogP contribution in [-0.2, 0) is 0 Å². The number of halogens is 1. The van der Waals surface area contributed by atoms with Crippen LogP contribution in [0.25, 0.3) is 0 Å². The van der Waals surface area contributed by atoms with Crippen molar-refractivity contribution in [3.05, 3.63) is 52.8 Å². The smallest absolute Gasteiger partial charge is 0.257 e. The van der Waals surface area contributed by atoms with Gasteiger partial charge in [0.25, 0.3) is 5.91 Å². The molecule has 1 N–H and O–H groups in total. The van der Waals surface area contributed by atoms with Gasteiger partial charge in [-0.15, -0.1) is 0 Å². The highest BCUT2D eigenvalue weighted by Gasteiger charge is 2.17. The number of aromatic nitrogens is 1. The number of anilines is 2. The zero-order chi connectivity index (χ0) is 16.9. The highest BCUT2D eigenvalue weighted by molar-refractivity contribution is 9.10. The van der Waals surface area contributed by atoms with Crippen LogP contribution < -0.4 is 10.2 Å². The van der Waals surface area contributed by atoms with Crippen LogP contribution in [0.2, 0.25) is 0 Å². The monoisotopic (exact) mass is 388 g/mol. The van der Waals surface area contributed by atoms with Crippen LogP contribution >= 0.6 is 15.9 Å². The average molecular weight is 389 g/mol. The molecule has 24 heavy (non-hydrogen) atoms. The normalized spacial score (nSPS) is 15.3. The lowest BCUT2D eigenvalue weighted by Crippen LogP contribution is -2.46. The lowest BCUT2D eigenvalue weighted by Gasteiger charge is -2.35. The number of hydrogen-bond donors (Lipinski definition) is 1. The second kappa shape index (κ2) is 7.77. The van der Waals surface area contributed by atoms with E-state index in [9.17, 15) is 4.79 Å². The Bertz CT molecular complexity index is 714. The first-order chi connectivity index (χ1) is 11.7. The number of piperazine rings is 1. The molecule has 1 aromatic heterocycles. The molecule has 1 fully saturated rings. The number of likely N-dealkylation sites (N-methyl/N-ethyl adjacent to an activating group) is 1. The standard InChI is InChI=1S/C18H21BrN4O/c1-2-22-6-8-23(9-7-22)17-10-14(12-20-13-17)18(24)21-16-5-3-4-15(19)11-16/h3-5,10-13H,2,6-9H2,1H3,(H,21,24). The number of pyridine rings is 1. The van der Waals surface area contributed by atoms with Gasteiger partial charge >= 0.3 is 0 Å². The van der Waals surface area contributed by atoms with E-state index < -0.39 is 0 Å². The summed E-state index contributed by atoms with van der Waals surface area (Å²) in [5.41, 5.74) is 2.34. The van der Waals surface area contributed by atoms with Crippen LogP contribution in [0.4, 0.5) is 11.4 Å². The third-order valence-electron chi connectivity index (χ3n) is 4.25. The van der Waals surface area contributed by atoms with Crippen molar-refractivity contribution in [2.75, 3.05) is 42.9 Å². The van der Waals surface area contributed by atoms with Crippen molar-refractivity contribution < 1.29 is 4.79 Å². The predicted octanol–water partition coefficient (Wildman–Crippen LogP) is 3.24. The minimum absolute atomic E-state index is 0.144. The lowest BCUT2D eigenvalue weighted by atomic mass is 10.2. The molecule has 2 heterocycles. The molecule has 1 aliphatic heterocycles. The maximum atomic E-state index is 12.5. The summed E-state index contributed by atoms with van der Waals surface area (Å²) in [5, 5.41) is 2.91. The van der Waals surface area contributed by atoms with E-state index in [1.165, 1.54) is 0 Å². The van der Waals surface area contributed by atoms with Crippen molar-refractivity contribution in [3.63, 3.8) is 0 Å². The molecule has 6 heteroatoms. The highest BCUT2D eigenvalue weighted by atomic mass is 79.9. The predicted molar refractivity (Wildman–Crippen MR) is 101 cm³/mol. The highest BCUT2D eigenvalue weighted by Crippen LogP contribution is 2.19. The summed E-state index contributed by atoms with van der Waals surface area (Å²) in [6, 6.07) is 9.47. The summed E-state index contributed by atoms with van der Waals surface area (Å²) < 4.78 is 0.931. The van der Waals surface area contributed by atoms with Gasteiger partial charge in [0.1, 0.15) is 0 Å². The number of hydrogen-bond acceptors (Lipinski definition) is 4. The molecular weight excluding hydrogens is 368 g/mol. The minimum atomic E-state index is -0.144. The van der Waals surface area contributed by atoms with Gasteiger partial charge in [-0.05, 0) is 30.8 Å². The van der Waals surface area contributed by atoms with Crippen molar-refractivity contribution in [3.8, 4) is 0 Å². The molecule has 126 valence electrons. The molecular formula is C18H21BrN4O. The van der Waals surface area contributed by atoms with E-state index in [1.54, 1.807) is 6.20 Å². The summed E-state index contributed by atoms with van der Waals surface area (Å²) in [4.78, 5) is 21.4. The number of nitrogens with zero attached hydrogens (tertiary/aromatic N) is 3. The molecule has 0 bridgehead atoms. The first kappa shape index (κ1) is 16.9. The van der Waals surface area contributed by atoms with Gasteiger partial charge in [-0.3, -0.25) is 9.78 Å². The molecule has 0 saturated carbocycles. The van der Waals surface area contributed by atoms with E-state index >= 15 is 0 Å². The van der Waals surface area contributed by atoms with Crippen LogP contribution in [0, 0.1) is 0 Å². The van der Waals surface area contributed by atoms with Crippen LogP contribution in [0.15, 0.2) is 47.2 Å². The van der Waals surface area contributed by atoms with Crippen LogP contribution in [0.1, 0.15) is 17.3 Å². The van der Waals surface area contributed by atoms with Crippen molar-refractivity contribution in [1.82, 2.24) is 9.88 Å². The first-order valence-electron chi connectivity index (χ1n) is 8.15. The summed E-state index contributed by atoms with van der Waals surface area (Å²) in [6.45, 7) is 7.29. The number of amides is 1. The average Bonchev–Trinajstić information content (AvgIpc) is 2.62. The molecule has 1 aromatic carbocycles. The maximum absolute atomic E-state index is 12.5. The molecule has 0 unspecified atom stereocenters. The Morgan fingerprint density at radius 2 is 2.00 bits per heavy atom. The first-order valence-corrected chi connectivity index (χ1v) is 8.94. The Labute approximate surface area is 150 Å². The Hall–Kier alpha value is -1.92. The van der Waals surface area contributed by atoms with Gasteiger partial charge in [-0.25, -0.2) is 0 Å². The third-order valence-corrected chi connectivity index (χ3v) is 4.75. The maximum Gasteiger partial charge on any atom is 0.257 e. The molecule has 1 aliphatic rings. The van der Waals surface area contributed by atoms with Gasteiger partial charge in [-0.1, -0.05) is 28.9 Å². The van der Waals surface area contributed by atoms with Gasteiger partial charge in [0.15, 0.2) is 0 Å². The molecule has 0 aliphatic carbocycles. The second-order valence-electron chi connectivity index (χ2n) is 5.82. The Balaban J connectivity index is 1.69. The van der Waals surface area contributed by atoms with Crippen LogP contribution in [-0.4, -0.2) is 48.5 Å². The molecule has 0 atom stereocenters. The molecule has 3 rings (SSSR count). The summed E-state index contributed by atoms with van der Waals surface area (Å²) in [7, 11) is 0. The number of rotatable bonds is 4. The van der Waals surface area contributed by atoms with Crippen LogP contribution in [0.5, 0.6) is 0 Å². The zero-order valence-corrected chi connectivity index (χ0v) is 15.3. The van der Waals surface area contributed by atoms with Crippen LogP contribution in [0.3, 0.4) is 0 Å². The van der Waals surface area contributed by atoms with E-state index in [2.05, 4.69) is 43.0 Å². The second-order valence-corrected chi connectivity index (χ2v) is 6.73. The van der Waals surface area contributed by atoms with E-state index in [4.69, 9.17) is 0 Å². The number of carbonyl (C=O) groups is 1. The number of carbonyl (C=O) groups excluding carboxylic acids is 1. The fourth-order valence-electron chi connectivity index (χ4n) is 2.82. The zero-order valence-electron chi connectivity index (χ0n) is 13.7. The molecule has 1 saturated heterocycles. The number of benzene rings is 1. The Kier molecular flexibility index (Phi) is 5.48. The number of nitrogens with one attached hydrogen (secondary N) is 1. The van der Waals surface area contributed by atoms with Crippen molar-refractivity contribution >= 4 is 33.2 Å². The Morgan fingerprint density at radius 1 is 1.21 bits per heavy atom. The van der Waals surface area contributed by atoms with E-state index in [1.807, 2.05) is 36.5 Å². The summed E-state index contributed by atoms with van der Waals surface area (Å²) in [6.07, 6.45) is 3.44. The van der Waals surface area contributed by atoms with E-state index in [-0.39, 0.29) is 5.91 Å². The van der Waals surface area contributed by atoms with Gasteiger partial charge in [0.05, 0.1) is 17.4 Å². The quantitative estimate of drug-likeness (QED) is 0.873. The van der Waals surface area contributed by atoms with Crippen molar-refractivity contribution in [2.24, 2.45) is 0 Å². The van der Waals surface area contributed by atoms with E-state index in [0.29, 0.717) is 5.56 Å². The fourth-order valence-corrected chi connectivity index (χ4v) is 3.22. The molecule has 1 amide bonds. The summed E-state index contributed by atoms with van der Waals surface area (Å²) in [5.74, 6) is -0.144. The van der Waals surface area contributed by atoms with Crippen molar-refractivity contribution in [1.29, 1.82) is 0 Å². The van der Waals surface area contributed by atoms with Gasteiger partial charge in [0, 0.05) is 42.5 Å². The SMILES string of the molecule is CCN1CCN(c2cncc(C(=O)Nc3cccc(Br)c3)c2)CC1. The topological polar surface area (TPSA) is 48.5 Å². The van der Waals surface area contributed by atoms with Gasteiger partial charge in [0.2, 0.25) is 0 Å². The Morgan fingerprint density at radius 3 is 2.71 bits per heavy atom. The molecule has 2 aromatic rings. The molecule has 0 radical (unpaired) electrons. The largest absolute Gasteiger partial charge is 0.368 e. The third kappa shape index (κ3) is 4.13.